The first kappa shape index (κ1) is 10.1. The Morgan fingerprint density at radius 2 is 2.09 bits per heavy atom. The maximum absolute atomic E-state index is 3.75. The largest absolute Gasteiger partial charge is 0.326 e. The Bertz CT molecular complexity index is 192. The number of hydrogen-bond acceptors (Lipinski definition) is 2. The third kappa shape index (κ3) is 5.55. The highest BCUT2D eigenvalue weighted by Gasteiger charge is 1.87. The lowest BCUT2D eigenvalue weighted by atomic mass is 10.3. The first-order valence-electron chi connectivity index (χ1n) is 3.23. The highest BCUT2D eigenvalue weighted by molar-refractivity contribution is 8.00. The van der Waals surface area contributed by atoms with Gasteiger partial charge in [-0.15, -0.1) is 0 Å². The lowest BCUT2D eigenvalue weighted by Crippen LogP contribution is -1.98. The van der Waals surface area contributed by atoms with Crippen LogP contribution in [-0.2, 0) is 0 Å². The van der Waals surface area contributed by atoms with E-state index in [9.17, 15) is 0 Å². The second-order valence-corrected chi connectivity index (χ2v) is 2.81. The van der Waals surface area contributed by atoms with Gasteiger partial charge in [0.1, 0.15) is 0 Å². The number of hydrogen-bond donors (Lipinski definition) is 1. The fourth-order valence-corrected chi connectivity index (χ4v) is 0.867. The summed E-state index contributed by atoms with van der Waals surface area (Å²) in [6, 6.07) is 0. The predicted molar refractivity (Wildman–Crippen MR) is 54.0 cm³/mol. The van der Waals surface area contributed by atoms with Gasteiger partial charge in [0.2, 0.25) is 0 Å². The number of allylic oxidation sites excluding steroid dienone is 3. The molecule has 0 spiro atoms. The molecule has 2 heteroatoms. The van der Waals surface area contributed by atoms with Crippen molar-refractivity contribution in [3.05, 3.63) is 48.6 Å². The van der Waals surface area contributed by atoms with Gasteiger partial charge in [-0.3, -0.25) is 0 Å². The molecule has 60 valence electrons. The summed E-state index contributed by atoms with van der Waals surface area (Å²) < 4.78 is 3.03. The first-order chi connectivity index (χ1) is 5.20. The molecule has 0 saturated carbocycles. The topological polar surface area (TPSA) is 12.0 Å². The molecule has 0 unspecified atom stereocenters. The molecule has 1 nitrogen and oxygen atoms in total. The maximum atomic E-state index is 3.75. The molecule has 0 aliphatic rings. The van der Waals surface area contributed by atoms with Crippen molar-refractivity contribution in [1.82, 2.24) is 4.72 Å². The van der Waals surface area contributed by atoms with Gasteiger partial charge in [0.15, 0.2) is 0 Å². The Hall–Kier alpha value is -0.890. The van der Waals surface area contributed by atoms with Crippen LogP contribution < -0.4 is 4.72 Å². The monoisotopic (exact) mass is 167 g/mol. The van der Waals surface area contributed by atoms with Gasteiger partial charge in [-0.25, -0.2) is 0 Å². The van der Waals surface area contributed by atoms with Gasteiger partial charge in [-0.05, 0) is 36.4 Å². The van der Waals surface area contributed by atoms with Crippen LogP contribution in [0.3, 0.4) is 0 Å². The van der Waals surface area contributed by atoms with Crippen molar-refractivity contribution >= 4 is 11.9 Å². The van der Waals surface area contributed by atoms with Gasteiger partial charge in [-0.1, -0.05) is 25.3 Å². The molecule has 0 radical (unpaired) electrons. The minimum atomic E-state index is 0.947. The Morgan fingerprint density at radius 3 is 2.45 bits per heavy atom. The van der Waals surface area contributed by atoms with Gasteiger partial charge in [0, 0.05) is 5.70 Å². The Morgan fingerprint density at radius 1 is 1.45 bits per heavy atom. The van der Waals surface area contributed by atoms with E-state index in [1.807, 2.05) is 13.0 Å². The Labute approximate surface area is 72.7 Å². The standard InChI is InChI=1S/C9H13NS/c1-5-9(7-8(3)4)10-11-6-2/h5-7,10H,1-3H2,4H3/b9-7+. The third-order valence-electron chi connectivity index (χ3n) is 0.882. The zero-order chi connectivity index (χ0) is 8.69. The minimum Gasteiger partial charge on any atom is -0.326 e. The van der Waals surface area contributed by atoms with Crippen LogP contribution >= 0.6 is 11.9 Å². The van der Waals surface area contributed by atoms with E-state index in [-0.39, 0.29) is 0 Å². The molecule has 1 N–H and O–H groups in total. The normalized spacial score (nSPS) is 10.5. The molecule has 11 heavy (non-hydrogen) atoms. The fourth-order valence-electron chi connectivity index (χ4n) is 0.505. The van der Waals surface area contributed by atoms with E-state index in [2.05, 4.69) is 24.5 Å². The highest BCUT2D eigenvalue weighted by atomic mass is 32.2. The maximum Gasteiger partial charge on any atom is 0.0439 e. The van der Waals surface area contributed by atoms with E-state index < -0.39 is 0 Å². The van der Waals surface area contributed by atoms with Crippen LogP contribution in [0.1, 0.15) is 6.92 Å². The molecular formula is C9H13NS. The van der Waals surface area contributed by atoms with Gasteiger partial charge in [0.05, 0.1) is 0 Å². The van der Waals surface area contributed by atoms with Crippen molar-refractivity contribution in [2.75, 3.05) is 0 Å². The molecule has 0 atom stereocenters. The summed E-state index contributed by atoms with van der Waals surface area (Å²) in [4.78, 5) is 0. The van der Waals surface area contributed by atoms with Crippen molar-refractivity contribution in [2.24, 2.45) is 0 Å². The number of nitrogens with one attached hydrogen (secondary N) is 1. The van der Waals surface area contributed by atoms with Gasteiger partial charge in [0.25, 0.3) is 0 Å². The smallest absolute Gasteiger partial charge is 0.0439 e. The molecule has 0 fully saturated rings. The molecule has 0 amide bonds. The molecule has 0 aromatic heterocycles. The second kappa shape index (κ2) is 5.86. The van der Waals surface area contributed by atoms with Gasteiger partial charge < -0.3 is 4.72 Å². The third-order valence-corrected chi connectivity index (χ3v) is 1.40. The molecular weight excluding hydrogens is 154 g/mol. The summed E-state index contributed by atoms with van der Waals surface area (Å²) in [5.74, 6) is 0. The second-order valence-electron chi connectivity index (χ2n) is 2.04. The van der Waals surface area contributed by atoms with Crippen molar-refractivity contribution in [3.63, 3.8) is 0 Å². The SMILES string of the molecule is C=CSN/C(C=C)=C/C(=C)C. The molecule has 0 heterocycles. The van der Waals surface area contributed by atoms with E-state index in [0.29, 0.717) is 0 Å². The van der Waals surface area contributed by atoms with Crippen LogP contribution in [0.15, 0.2) is 48.6 Å². The molecule has 0 aromatic rings. The van der Waals surface area contributed by atoms with Gasteiger partial charge in [-0.2, -0.15) is 0 Å². The summed E-state index contributed by atoms with van der Waals surface area (Å²) in [5.41, 5.74) is 1.94. The van der Waals surface area contributed by atoms with E-state index in [4.69, 9.17) is 0 Å². The average Bonchev–Trinajstić information content (AvgIpc) is 1.97. The summed E-state index contributed by atoms with van der Waals surface area (Å²) in [5, 5.41) is 1.72. The fraction of sp³-hybridized carbons (Fsp3) is 0.111. The van der Waals surface area contributed by atoms with Crippen molar-refractivity contribution < 1.29 is 0 Å². The van der Waals surface area contributed by atoms with Crippen LogP contribution in [0, 0.1) is 0 Å². The number of rotatable bonds is 5. The van der Waals surface area contributed by atoms with Crippen molar-refractivity contribution in [1.29, 1.82) is 0 Å². The zero-order valence-electron chi connectivity index (χ0n) is 6.76. The van der Waals surface area contributed by atoms with Crippen LogP contribution in [0.25, 0.3) is 0 Å². The quantitative estimate of drug-likeness (QED) is 0.499. The van der Waals surface area contributed by atoms with E-state index in [0.717, 1.165) is 11.3 Å². The molecule has 0 aliphatic heterocycles. The van der Waals surface area contributed by atoms with Crippen molar-refractivity contribution in [3.8, 4) is 0 Å². The summed E-state index contributed by atoms with van der Waals surface area (Å²) in [7, 11) is 0. The minimum absolute atomic E-state index is 0.947. The summed E-state index contributed by atoms with van der Waals surface area (Å²) in [6.07, 6.45) is 3.66. The summed E-state index contributed by atoms with van der Waals surface area (Å²) in [6.45, 7) is 12.9. The molecule has 0 aliphatic carbocycles. The van der Waals surface area contributed by atoms with E-state index in [1.165, 1.54) is 11.9 Å². The predicted octanol–water partition coefficient (Wildman–Crippen LogP) is 3.01. The van der Waals surface area contributed by atoms with Crippen LogP contribution in [-0.4, -0.2) is 0 Å². The van der Waals surface area contributed by atoms with Crippen molar-refractivity contribution in [2.45, 2.75) is 6.92 Å². The van der Waals surface area contributed by atoms with E-state index in [1.54, 1.807) is 11.5 Å². The average molecular weight is 167 g/mol. The molecule has 0 rings (SSSR count). The molecule has 0 bridgehead atoms. The molecule has 0 saturated heterocycles. The van der Waals surface area contributed by atoms with Crippen LogP contribution in [0.5, 0.6) is 0 Å². The Balaban J connectivity index is 4.04. The Kier molecular flexibility index (Phi) is 5.39. The zero-order valence-corrected chi connectivity index (χ0v) is 7.58. The van der Waals surface area contributed by atoms with Crippen LogP contribution in [0.4, 0.5) is 0 Å². The molecule has 0 aromatic carbocycles. The van der Waals surface area contributed by atoms with Gasteiger partial charge >= 0.3 is 0 Å². The van der Waals surface area contributed by atoms with Crippen LogP contribution in [0.2, 0.25) is 0 Å². The summed E-state index contributed by atoms with van der Waals surface area (Å²) >= 11 is 1.42. The lowest BCUT2D eigenvalue weighted by molar-refractivity contribution is 1.28. The lowest BCUT2D eigenvalue weighted by Gasteiger charge is -2.01. The van der Waals surface area contributed by atoms with E-state index >= 15 is 0 Å². The first-order valence-corrected chi connectivity index (χ1v) is 4.11. The highest BCUT2D eigenvalue weighted by Crippen LogP contribution is 2.03.